The molecule has 1 fully saturated rings. The summed E-state index contributed by atoms with van der Waals surface area (Å²) in [5.41, 5.74) is 1.10. The number of halogens is 1. The summed E-state index contributed by atoms with van der Waals surface area (Å²) in [6, 6.07) is 10.9. The predicted octanol–water partition coefficient (Wildman–Crippen LogP) is 4.23. The van der Waals surface area contributed by atoms with Gasteiger partial charge in [-0.25, -0.2) is 4.39 Å². The second-order valence-electron chi connectivity index (χ2n) is 4.84. The van der Waals surface area contributed by atoms with Crippen molar-refractivity contribution in [2.75, 3.05) is 6.61 Å². The van der Waals surface area contributed by atoms with E-state index in [2.05, 4.69) is 4.98 Å². The maximum atomic E-state index is 13.7. The molecule has 20 heavy (non-hydrogen) atoms. The number of ether oxygens (including phenoxy) is 1. The average molecular weight is 289 g/mol. The van der Waals surface area contributed by atoms with Crippen molar-refractivity contribution < 1.29 is 9.13 Å². The molecule has 0 radical (unpaired) electrons. The Kier molecular flexibility index (Phi) is 4.33. The molecule has 0 N–H and O–H groups in total. The van der Waals surface area contributed by atoms with Crippen LogP contribution in [0, 0.1) is 5.82 Å². The molecule has 0 aliphatic carbocycles. The zero-order chi connectivity index (χ0) is 13.8. The van der Waals surface area contributed by atoms with Crippen molar-refractivity contribution in [3.63, 3.8) is 0 Å². The summed E-state index contributed by atoms with van der Waals surface area (Å²) in [6.45, 7) is 0.714. The molecule has 1 aliphatic rings. The molecule has 1 aliphatic heterocycles. The topological polar surface area (TPSA) is 22.1 Å². The summed E-state index contributed by atoms with van der Waals surface area (Å²) in [4.78, 5) is 4.86. The largest absolute Gasteiger partial charge is 0.373 e. The van der Waals surface area contributed by atoms with Crippen molar-refractivity contribution in [2.24, 2.45) is 0 Å². The van der Waals surface area contributed by atoms with Gasteiger partial charge >= 0.3 is 0 Å². The lowest BCUT2D eigenvalue weighted by atomic mass is 10.0. The number of hydrogen-bond acceptors (Lipinski definition) is 3. The smallest absolute Gasteiger partial charge is 0.136 e. The summed E-state index contributed by atoms with van der Waals surface area (Å²) in [5, 5.41) is 0.380. The third-order valence-electron chi connectivity index (χ3n) is 3.42. The normalized spacial score (nSPS) is 22.6. The Hall–Kier alpha value is -1.39. The van der Waals surface area contributed by atoms with Crippen LogP contribution in [0.1, 0.15) is 24.5 Å². The van der Waals surface area contributed by atoms with E-state index in [1.807, 2.05) is 30.5 Å². The van der Waals surface area contributed by atoms with E-state index in [4.69, 9.17) is 4.74 Å². The van der Waals surface area contributed by atoms with Crippen LogP contribution in [0.3, 0.4) is 0 Å². The number of thioether (sulfide) groups is 1. The van der Waals surface area contributed by atoms with E-state index in [9.17, 15) is 4.39 Å². The van der Waals surface area contributed by atoms with Crippen LogP contribution in [0.4, 0.5) is 4.39 Å². The van der Waals surface area contributed by atoms with Crippen LogP contribution >= 0.6 is 11.8 Å². The van der Waals surface area contributed by atoms with Crippen molar-refractivity contribution in [2.45, 2.75) is 29.1 Å². The lowest BCUT2D eigenvalue weighted by Gasteiger charge is -2.29. The molecule has 0 saturated carbocycles. The number of benzene rings is 1. The Morgan fingerprint density at radius 2 is 2.10 bits per heavy atom. The number of aromatic nitrogens is 1. The fraction of sp³-hybridized carbons (Fsp3) is 0.312. The van der Waals surface area contributed by atoms with Crippen LogP contribution in [-0.2, 0) is 4.74 Å². The van der Waals surface area contributed by atoms with Gasteiger partial charge in [-0.1, -0.05) is 18.2 Å². The predicted molar refractivity (Wildman–Crippen MR) is 78.2 cm³/mol. The Morgan fingerprint density at radius 1 is 1.20 bits per heavy atom. The van der Waals surface area contributed by atoms with E-state index in [0.29, 0.717) is 11.9 Å². The molecule has 2 aromatic rings. The molecule has 2 nitrogen and oxygen atoms in total. The molecule has 1 aromatic carbocycles. The number of rotatable bonds is 3. The summed E-state index contributed by atoms with van der Waals surface area (Å²) >= 11 is 1.61. The molecule has 4 heteroatoms. The van der Waals surface area contributed by atoms with Crippen LogP contribution < -0.4 is 0 Å². The molecule has 2 heterocycles. The highest BCUT2D eigenvalue weighted by Crippen LogP contribution is 2.37. The Labute approximate surface area is 122 Å². The summed E-state index contributed by atoms with van der Waals surface area (Å²) in [6.07, 6.45) is 5.53. The van der Waals surface area contributed by atoms with Gasteiger partial charge < -0.3 is 4.74 Å². The fourth-order valence-electron chi connectivity index (χ4n) is 2.39. The van der Waals surface area contributed by atoms with Gasteiger partial charge in [0.1, 0.15) is 5.82 Å². The molecule has 0 bridgehead atoms. The van der Waals surface area contributed by atoms with Gasteiger partial charge in [0, 0.05) is 29.1 Å². The minimum absolute atomic E-state index is 0.0710. The highest BCUT2D eigenvalue weighted by molar-refractivity contribution is 8.00. The van der Waals surface area contributed by atoms with Crippen molar-refractivity contribution in [1.29, 1.82) is 0 Å². The first-order valence-corrected chi connectivity index (χ1v) is 7.63. The van der Waals surface area contributed by atoms with E-state index in [1.165, 1.54) is 6.07 Å². The quantitative estimate of drug-likeness (QED) is 0.844. The van der Waals surface area contributed by atoms with Gasteiger partial charge in [0.15, 0.2) is 0 Å². The summed E-state index contributed by atoms with van der Waals surface area (Å²) in [5.74, 6) is -0.137. The molecule has 1 saturated heterocycles. The van der Waals surface area contributed by atoms with Gasteiger partial charge in [0.25, 0.3) is 0 Å². The molecule has 3 rings (SSSR count). The van der Waals surface area contributed by atoms with Crippen molar-refractivity contribution >= 4 is 11.8 Å². The maximum absolute atomic E-state index is 13.7. The Bertz CT molecular complexity index is 563. The van der Waals surface area contributed by atoms with E-state index < -0.39 is 0 Å². The number of nitrogens with zero attached hydrogens (tertiary/aromatic N) is 1. The van der Waals surface area contributed by atoms with Gasteiger partial charge in [-0.2, -0.15) is 0 Å². The van der Waals surface area contributed by atoms with E-state index in [0.717, 1.165) is 23.3 Å². The van der Waals surface area contributed by atoms with Crippen molar-refractivity contribution in [3.8, 4) is 0 Å². The lowest BCUT2D eigenvalue weighted by Crippen LogP contribution is -2.21. The van der Waals surface area contributed by atoms with Gasteiger partial charge in [0.2, 0.25) is 0 Å². The molecular weight excluding hydrogens is 273 g/mol. The second-order valence-corrected chi connectivity index (χ2v) is 6.18. The van der Waals surface area contributed by atoms with E-state index in [1.54, 1.807) is 24.0 Å². The maximum Gasteiger partial charge on any atom is 0.136 e. The van der Waals surface area contributed by atoms with E-state index >= 15 is 0 Å². The summed E-state index contributed by atoms with van der Waals surface area (Å²) in [7, 11) is 0. The first-order chi connectivity index (χ1) is 9.83. The fourth-order valence-corrected chi connectivity index (χ4v) is 3.57. The molecule has 0 spiro atoms. The minimum atomic E-state index is -0.137. The van der Waals surface area contributed by atoms with Gasteiger partial charge in [-0.15, -0.1) is 11.8 Å². The van der Waals surface area contributed by atoms with Crippen LogP contribution in [-0.4, -0.2) is 16.8 Å². The van der Waals surface area contributed by atoms with Gasteiger partial charge in [-0.05, 0) is 36.6 Å². The summed E-state index contributed by atoms with van der Waals surface area (Å²) < 4.78 is 19.5. The highest BCUT2D eigenvalue weighted by atomic mass is 32.2. The Balaban J connectivity index is 1.68. The number of pyridine rings is 1. The SMILES string of the molecule is Fc1ccccc1SC1CCOC(c2cccnc2)C1. The van der Waals surface area contributed by atoms with Crippen molar-refractivity contribution in [3.05, 3.63) is 60.2 Å². The second kappa shape index (κ2) is 6.37. The zero-order valence-electron chi connectivity index (χ0n) is 11.0. The minimum Gasteiger partial charge on any atom is -0.373 e. The van der Waals surface area contributed by atoms with Gasteiger partial charge in [-0.3, -0.25) is 4.98 Å². The molecule has 2 atom stereocenters. The molecule has 1 aromatic heterocycles. The zero-order valence-corrected chi connectivity index (χ0v) is 11.9. The molecule has 0 amide bonds. The van der Waals surface area contributed by atoms with Crippen LogP contribution in [0.15, 0.2) is 53.7 Å². The lowest BCUT2D eigenvalue weighted by molar-refractivity contribution is 0.0176. The third-order valence-corrected chi connectivity index (χ3v) is 4.77. The third kappa shape index (κ3) is 3.19. The standard InChI is InChI=1S/C16H16FNOS/c17-14-5-1-2-6-16(14)20-13-7-9-19-15(10-13)12-4-3-8-18-11-12/h1-6,8,11,13,15H,7,9-10H2. The first kappa shape index (κ1) is 13.6. The number of hydrogen-bond donors (Lipinski definition) is 0. The first-order valence-electron chi connectivity index (χ1n) is 6.75. The Morgan fingerprint density at radius 3 is 2.90 bits per heavy atom. The van der Waals surface area contributed by atoms with Crippen LogP contribution in [0.2, 0.25) is 0 Å². The molecule has 2 unspecified atom stereocenters. The van der Waals surface area contributed by atoms with Crippen LogP contribution in [0.5, 0.6) is 0 Å². The highest BCUT2D eigenvalue weighted by Gasteiger charge is 2.25. The average Bonchev–Trinajstić information content (AvgIpc) is 2.51. The molecule has 104 valence electrons. The monoisotopic (exact) mass is 289 g/mol. The van der Waals surface area contributed by atoms with Crippen LogP contribution in [0.25, 0.3) is 0 Å². The van der Waals surface area contributed by atoms with Gasteiger partial charge in [0.05, 0.1) is 6.10 Å². The molecular formula is C16H16FNOS. The van der Waals surface area contributed by atoms with Crippen molar-refractivity contribution in [1.82, 2.24) is 4.98 Å². The van der Waals surface area contributed by atoms with E-state index in [-0.39, 0.29) is 11.9 Å².